The van der Waals surface area contributed by atoms with E-state index in [-0.39, 0.29) is 17.4 Å². The molecule has 0 saturated heterocycles. The highest BCUT2D eigenvalue weighted by atomic mass is 35.5. The summed E-state index contributed by atoms with van der Waals surface area (Å²) in [6.07, 6.45) is -4.42. The van der Waals surface area contributed by atoms with E-state index < -0.39 is 11.7 Å². The fourth-order valence-electron chi connectivity index (χ4n) is 1.66. The van der Waals surface area contributed by atoms with Crippen LogP contribution < -0.4 is 9.88 Å². The zero-order chi connectivity index (χ0) is 15.5. The van der Waals surface area contributed by atoms with Gasteiger partial charge in [0.1, 0.15) is 12.4 Å². The van der Waals surface area contributed by atoms with Crippen molar-refractivity contribution >= 4 is 23.5 Å². The van der Waals surface area contributed by atoms with Crippen molar-refractivity contribution in [2.45, 2.75) is 17.7 Å². The second-order valence-corrected chi connectivity index (χ2v) is 5.31. The van der Waals surface area contributed by atoms with Gasteiger partial charge < -0.3 is 4.74 Å². The summed E-state index contributed by atoms with van der Waals surface area (Å²) in [5.41, 5.74) is 0.0443. The third-order valence-electron chi connectivity index (χ3n) is 2.69. The first-order chi connectivity index (χ1) is 9.90. The van der Waals surface area contributed by atoms with Gasteiger partial charge >= 0.3 is 6.18 Å². The minimum atomic E-state index is -4.42. The maximum absolute atomic E-state index is 12.5. The van der Waals surface area contributed by atoms with Crippen LogP contribution in [0, 0.1) is 0 Å². The van der Waals surface area contributed by atoms with E-state index in [9.17, 15) is 13.2 Å². The number of hydrogen-bond donors (Lipinski definition) is 1. The normalized spacial score (nSPS) is 11.5. The summed E-state index contributed by atoms with van der Waals surface area (Å²) in [6.45, 7) is 0.194. The van der Waals surface area contributed by atoms with Gasteiger partial charge in [-0.25, -0.2) is 0 Å². The largest absolute Gasteiger partial charge is 0.487 e. The molecular formula is C14H11ClF3NOS. The smallest absolute Gasteiger partial charge is 0.416 e. The molecule has 21 heavy (non-hydrogen) atoms. The van der Waals surface area contributed by atoms with E-state index in [1.165, 1.54) is 6.07 Å². The lowest BCUT2D eigenvalue weighted by Gasteiger charge is -2.11. The van der Waals surface area contributed by atoms with Gasteiger partial charge in [0.25, 0.3) is 0 Å². The predicted molar refractivity (Wildman–Crippen MR) is 77.3 cm³/mol. The summed E-state index contributed by atoms with van der Waals surface area (Å²) in [5, 5.41) is 5.38. The monoisotopic (exact) mass is 333 g/mol. The highest BCUT2D eigenvalue weighted by Gasteiger charge is 2.31. The van der Waals surface area contributed by atoms with E-state index >= 15 is 0 Å². The third kappa shape index (κ3) is 4.30. The van der Waals surface area contributed by atoms with Gasteiger partial charge in [-0.2, -0.15) is 13.2 Å². The van der Waals surface area contributed by atoms with Gasteiger partial charge in [-0.3, -0.25) is 5.14 Å². The van der Waals surface area contributed by atoms with Crippen molar-refractivity contribution in [2.24, 2.45) is 5.14 Å². The van der Waals surface area contributed by atoms with E-state index in [0.717, 1.165) is 34.5 Å². The summed E-state index contributed by atoms with van der Waals surface area (Å²) < 4.78 is 43.0. The fraction of sp³-hybridized carbons (Fsp3) is 0.143. The predicted octanol–water partition coefficient (Wildman–Crippen LogP) is 4.90. The van der Waals surface area contributed by atoms with Gasteiger partial charge in [0, 0.05) is 4.90 Å². The first-order valence-electron chi connectivity index (χ1n) is 5.85. The Kier molecular flexibility index (Phi) is 5.03. The Balaban J connectivity index is 2.10. The van der Waals surface area contributed by atoms with Crippen LogP contribution >= 0.6 is 23.5 Å². The molecule has 2 nitrogen and oxygen atoms in total. The van der Waals surface area contributed by atoms with Crippen LogP contribution in [0.15, 0.2) is 47.4 Å². The minimum Gasteiger partial charge on any atom is -0.487 e. The molecule has 0 atom stereocenters. The van der Waals surface area contributed by atoms with Crippen LogP contribution in [-0.2, 0) is 12.8 Å². The SMILES string of the molecule is NSc1cccc(COc2ccc(C(F)(F)F)cc2Cl)c1. The first-order valence-corrected chi connectivity index (χ1v) is 7.11. The molecule has 7 heteroatoms. The van der Waals surface area contributed by atoms with E-state index in [0.29, 0.717) is 0 Å². The molecule has 0 heterocycles. The lowest BCUT2D eigenvalue weighted by Crippen LogP contribution is -2.05. The molecule has 0 aliphatic heterocycles. The van der Waals surface area contributed by atoms with Crippen LogP contribution in [0.1, 0.15) is 11.1 Å². The highest BCUT2D eigenvalue weighted by molar-refractivity contribution is 7.97. The molecule has 0 unspecified atom stereocenters. The standard InChI is InChI=1S/C14H11ClF3NOS/c15-12-7-10(14(16,17)18)4-5-13(12)20-8-9-2-1-3-11(6-9)21-19/h1-7H,8,19H2. The van der Waals surface area contributed by atoms with Crippen molar-refractivity contribution in [3.63, 3.8) is 0 Å². The molecule has 0 spiro atoms. The van der Waals surface area contributed by atoms with Gasteiger partial charge in [-0.05, 0) is 47.8 Å². The van der Waals surface area contributed by atoms with E-state index in [2.05, 4.69) is 0 Å². The summed E-state index contributed by atoms with van der Waals surface area (Å²) in [4.78, 5) is 0.870. The molecule has 112 valence electrons. The molecule has 0 fully saturated rings. The van der Waals surface area contributed by atoms with Crippen LogP contribution in [0.5, 0.6) is 5.75 Å². The fourth-order valence-corrected chi connectivity index (χ4v) is 2.28. The Labute approximate surface area is 129 Å². The third-order valence-corrected chi connectivity index (χ3v) is 3.51. The van der Waals surface area contributed by atoms with Crippen LogP contribution in [0.25, 0.3) is 0 Å². The number of rotatable bonds is 4. The molecule has 2 aromatic carbocycles. The van der Waals surface area contributed by atoms with Gasteiger partial charge in [0.05, 0.1) is 10.6 Å². The summed E-state index contributed by atoms with van der Waals surface area (Å²) in [5.74, 6) is 0.204. The average molecular weight is 334 g/mol. The molecule has 0 aromatic heterocycles. The van der Waals surface area contributed by atoms with Crippen molar-refractivity contribution in [2.75, 3.05) is 0 Å². The van der Waals surface area contributed by atoms with Crippen LogP contribution in [-0.4, -0.2) is 0 Å². The molecule has 0 amide bonds. The number of benzene rings is 2. The quantitative estimate of drug-likeness (QED) is 0.808. The van der Waals surface area contributed by atoms with Gasteiger partial charge in [0.15, 0.2) is 0 Å². The second-order valence-electron chi connectivity index (χ2n) is 4.20. The summed E-state index contributed by atoms with van der Waals surface area (Å²) in [6, 6.07) is 10.3. The van der Waals surface area contributed by atoms with Crippen molar-refractivity contribution in [3.8, 4) is 5.75 Å². The maximum Gasteiger partial charge on any atom is 0.416 e. The van der Waals surface area contributed by atoms with E-state index in [1.807, 2.05) is 24.3 Å². The number of ether oxygens (including phenoxy) is 1. The van der Waals surface area contributed by atoms with Crippen molar-refractivity contribution in [3.05, 3.63) is 58.6 Å². The van der Waals surface area contributed by atoms with Gasteiger partial charge in [-0.1, -0.05) is 23.7 Å². The Morgan fingerprint density at radius 3 is 2.52 bits per heavy atom. The Morgan fingerprint density at radius 1 is 1.14 bits per heavy atom. The van der Waals surface area contributed by atoms with Crippen LogP contribution in [0.2, 0.25) is 5.02 Å². The number of nitrogens with two attached hydrogens (primary N) is 1. The summed E-state index contributed by atoms with van der Waals surface area (Å²) >= 11 is 6.92. The van der Waals surface area contributed by atoms with Crippen molar-refractivity contribution in [1.82, 2.24) is 0 Å². The van der Waals surface area contributed by atoms with E-state index in [1.54, 1.807) is 0 Å². The number of halogens is 4. The zero-order valence-electron chi connectivity index (χ0n) is 10.7. The first kappa shape index (κ1) is 16.0. The lowest BCUT2D eigenvalue weighted by atomic mass is 10.2. The van der Waals surface area contributed by atoms with Crippen molar-refractivity contribution in [1.29, 1.82) is 0 Å². The summed E-state index contributed by atoms with van der Waals surface area (Å²) in [7, 11) is 0. The Morgan fingerprint density at radius 2 is 1.90 bits per heavy atom. The molecule has 2 aromatic rings. The molecule has 0 bridgehead atoms. The van der Waals surface area contributed by atoms with Crippen LogP contribution in [0.4, 0.5) is 13.2 Å². The zero-order valence-corrected chi connectivity index (χ0v) is 12.2. The second kappa shape index (κ2) is 6.60. The minimum absolute atomic E-state index is 0.0748. The molecule has 0 aliphatic rings. The number of alkyl halides is 3. The number of hydrogen-bond acceptors (Lipinski definition) is 3. The molecule has 2 N–H and O–H groups in total. The molecule has 0 aliphatic carbocycles. The molecular weight excluding hydrogens is 323 g/mol. The Bertz CT molecular complexity index is 634. The topological polar surface area (TPSA) is 35.2 Å². The van der Waals surface area contributed by atoms with Gasteiger partial charge in [-0.15, -0.1) is 0 Å². The highest BCUT2D eigenvalue weighted by Crippen LogP contribution is 2.34. The molecule has 2 rings (SSSR count). The average Bonchev–Trinajstić information content (AvgIpc) is 2.45. The van der Waals surface area contributed by atoms with Crippen LogP contribution in [0.3, 0.4) is 0 Å². The Hall–Kier alpha value is -1.37. The maximum atomic E-state index is 12.5. The van der Waals surface area contributed by atoms with Crippen molar-refractivity contribution < 1.29 is 17.9 Å². The molecule has 0 saturated carbocycles. The molecule has 0 radical (unpaired) electrons. The lowest BCUT2D eigenvalue weighted by molar-refractivity contribution is -0.137. The van der Waals surface area contributed by atoms with Gasteiger partial charge in [0.2, 0.25) is 0 Å². The van der Waals surface area contributed by atoms with E-state index in [4.69, 9.17) is 21.5 Å².